The van der Waals surface area contributed by atoms with E-state index in [2.05, 4.69) is 11.8 Å². The Balaban J connectivity index is 2.68. The molecule has 0 aromatic rings. The molecular formula is C12H18N2O2. The van der Waals surface area contributed by atoms with Crippen LogP contribution in [0.5, 0.6) is 0 Å². The fraction of sp³-hybridized carbons (Fsp3) is 0.667. The molecule has 0 radical (unpaired) electrons. The Hall–Kier alpha value is -1.50. The predicted molar refractivity (Wildman–Crippen MR) is 61.2 cm³/mol. The number of hydrogen-bond acceptors (Lipinski definition) is 2. The van der Waals surface area contributed by atoms with Crippen LogP contribution < -0.4 is 5.73 Å². The van der Waals surface area contributed by atoms with Gasteiger partial charge in [0.15, 0.2) is 0 Å². The van der Waals surface area contributed by atoms with Gasteiger partial charge in [0.1, 0.15) is 6.04 Å². The van der Waals surface area contributed by atoms with Gasteiger partial charge < -0.3 is 10.6 Å². The molecule has 16 heavy (non-hydrogen) atoms. The van der Waals surface area contributed by atoms with Crippen molar-refractivity contribution in [1.29, 1.82) is 0 Å². The Morgan fingerprint density at radius 2 is 2.38 bits per heavy atom. The topological polar surface area (TPSA) is 63.4 Å². The fourth-order valence-corrected chi connectivity index (χ4v) is 2.08. The van der Waals surface area contributed by atoms with Gasteiger partial charge in [-0.2, -0.15) is 0 Å². The number of nitrogens with two attached hydrogens (primary N) is 1. The van der Waals surface area contributed by atoms with E-state index in [9.17, 15) is 9.59 Å². The van der Waals surface area contributed by atoms with Crippen molar-refractivity contribution in [3.8, 4) is 11.8 Å². The number of piperidine rings is 1. The van der Waals surface area contributed by atoms with Crippen LogP contribution >= 0.6 is 0 Å². The van der Waals surface area contributed by atoms with Crippen molar-refractivity contribution >= 4 is 11.8 Å². The van der Waals surface area contributed by atoms with Crippen LogP contribution in [0.25, 0.3) is 0 Å². The summed E-state index contributed by atoms with van der Waals surface area (Å²) in [4.78, 5) is 24.6. The lowest BCUT2D eigenvalue weighted by molar-refractivity contribution is -0.142. The van der Waals surface area contributed by atoms with E-state index in [1.807, 2.05) is 6.92 Å². The van der Waals surface area contributed by atoms with Crippen molar-refractivity contribution in [3.63, 3.8) is 0 Å². The number of primary amides is 1. The average Bonchev–Trinajstić information content (AvgIpc) is 2.22. The van der Waals surface area contributed by atoms with Gasteiger partial charge in [0.05, 0.1) is 0 Å². The molecule has 1 rings (SSSR count). The Labute approximate surface area is 96.2 Å². The van der Waals surface area contributed by atoms with Crippen LogP contribution in [-0.4, -0.2) is 29.3 Å². The molecule has 4 nitrogen and oxygen atoms in total. The number of rotatable bonds is 3. The number of hydrogen-bond donors (Lipinski definition) is 1. The van der Waals surface area contributed by atoms with Gasteiger partial charge in [0.2, 0.25) is 11.8 Å². The second-order valence-corrected chi connectivity index (χ2v) is 4.00. The second-order valence-electron chi connectivity index (χ2n) is 4.00. The standard InChI is InChI=1S/C12H18N2O2/c1-3-5-9-6-7-14(11(15)8-9)10(4-2)12(13)16/h9-10H,4,6-8H2,1-2H3,(H2,13,16). The van der Waals surface area contributed by atoms with E-state index in [4.69, 9.17) is 5.73 Å². The van der Waals surface area contributed by atoms with Crippen LogP contribution in [0.1, 0.15) is 33.1 Å². The molecule has 1 aliphatic rings. The predicted octanol–water partition coefficient (Wildman–Crippen LogP) is 0.512. The molecule has 88 valence electrons. The summed E-state index contributed by atoms with van der Waals surface area (Å²) in [5.74, 6) is 5.54. The second kappa shape index (κ2) is 5.55. The highest BCUT2D eigenvalue weighted by molar-refractivity contribution is 5.87. The van der Waals surface area contributed by atoms with Crippen LogP contribution in [0.2, 0.25) is 0 Å². The third-order valence-corrected chi connectivity index (χ3v) is 2.90. The van der Waals surface area contributed by atoms with Gasteiger partial charge >= 0.3 is 0 Å². The minimum absolute atomic E-state index is 0.00958. The van der Waals surface area contributed by atoms with Crippen molar-refractivity contribution in [2.24, 2.45) is 11.7 Å². The summed E-state index contributed by atoms with van der Waals surface area (Å²) in [6, 6.07) is -0.456. The van der Waals surface area contributed by atoms with Gasteiger partial charge in [0.25, 0.3) is 0 Å². The first kappa shape index (κ1) is 12.6. The van der Waals surface area contributed by atoms with Crippen molar-refractivity contribution in [1.82, 2.24) is 4.90 Å². The minimum Gasteiger partial charge on any atom is -0.368 e. The maximum atomic E-state index is 11.8. The molecule has 2 atom stereocenters. The number of likely N-dealkylation sites (tertiary alicyclic amines) is 1. The smallest absolute Gasteiger partial charge is 0.240 e. The molecule has 1 saturated heterocycles. The zero-order valence-corrected chi connectivity index (χ0v) is 9.82. The van der Waals surface area contributed by atoms with E-state index in [1.165, 1.54) is 0 Å². The van der Waals surface area contributed by atoms with Crippen LogP contribution in [-0.2, 0) is 9.59 Å². The van der Waals surface area contributed by atoms with E-state index in [-0.39, 0.29) is 11.8 Å². The largest absolute Gasteiger partial charge is 0.368 e. The van der Waals surface area contributed by atoms with Gasteiger partial charge in [-0.15, -0.1) is 5.92 Å². The Morgan fingerprint density at radius 3 is 2.81 bits per heavy atom. The molecule has 2 N–H and O–H groups in total. The average molecular weight is 222 g/mol. The van der Waals surface area contributed by atoms with E-state index < -0.39 is 11.9 Å². The molecule has 0 bridgehead atoms. The summed E-state index contributed by atoms with van der Waals surface area (Å²) in [6.07, 6.45) is 1.81. The first-order valence-corrected chi connectivity index (χ1v) is 5.61. The molecule has 1 fully saturated rings. The van der Waals surface area contributed by atoms with E-state index in [0.29, 0.717) is 19.4 Å². The SMILES string of the molecule is CC#CC1CCN(C(CC)C(N)=O)C(=O)C1. The van der Waals surface area contributed by atoms with Gasteiger partial charge in [-0.1, -0.05) is 12.8 Å². The molecule has 1 aliphatic heterocycles. The lowest BCUT2D eigenvalue weighted by atomic mass is 9.95. The highest BCUT2D eigenvalue weighted by Crippen LogP contribution is 2.20. The van der Waals surface area contributed by atoms with E-state index >= 15 is 0 Å². The Kier molecular flexibility index (Phi) is 4.36. The van der Waals surface area contributed by atoms with Crippen LogP contribution in [0.3, 0.4) is 0 Å². The zero-order chi connectivity index (χ0) is 12.1. The lowest BCUT2D eigenvalue weighted by Crippen LogP contribution is -2.50. The normalized spacial score (nSPS) is 22.2. The summed E-state index contributed by atoms with van der Waals surface area (Å²) in [5.41, 5.74) is 5.27. The summed E-state index contributed by atoms with van der Waals surface area (Å²) in [6.45, 7) is 4.22. The minimum atomic E-state index is -0.456. The van der Waals surface area contributed by atoms with Gasteiger partial charge in [-0.05, 0) is 19.8 Å². The summed E-state index contributed by atoms with van der Waals surface area (Å²) < 4.78 is 0. The Bertz CT molecular complexity index is 341. The van der Waals surface area contributed by atoms with E-state index in [0.717, 1.165) is 6.42 Å². The quantitative estimate of drug-likeness (QED) is 0.707. The summed E-state index contributed by atoms with van der Waals surface area (Å²) >= 11 is 0. The lowest BCUT2D eigenvalue weighted by Gasteiger charge is -2.34. The number of carbonyl (C=O) groups is 2. The molecule has 2 unspecified atom stereocenters. The first-order valence-electron chi connectivity index (χ1n) is 5.61. The van der Waals surface area contributed by atoms with Gasteiger partial charge in [0, 0.05) is 18.9 Å². The Morgan fingerprint density at radius 1 is 1.69 bits per heavy atom. The molecule has 1 heterocycles. The number of amides is 2. The maximum absolute atomic E-state index is 11.8. The van der Waals surface area contributed by atoms with Crippen molar-refractivity contribution in [2.45, 2.75) is 39.2 Å². The van der Waals surface area contributed by atoms with Crippen molar-refractivity contribution < 1.29 is 9.59 Å². The summed E-state index contributed by atoms with van der Waals surface area (Å²) in [5, 5.41) is 0. The summed E-state index contributed by atoms with van der Waals surface area (Å²) in [7, 11) is 0. The molecule has 4 heteroatoms. The number of carbonyl (C=O) groups excluding carboxylic acids is 2. The monoisotopic (exact) mass is 222 g/mol. The molecule has 0 aliphatic carbocycles. The van der Waals surface area contributed by atoms with Gasteiger partial charge in [-0.25, -0.2) is 0 Å². The zero-order valence-electron chi connectivity index (χ0n) is 9.82. The molecule has 0 spiro atoms. The van der Waals surface area contributed by atoms with Crippen LogP contribution in [0, 0.1) is 17.8 Å². The van der Waals surface area contributed by atoms with E-state index in [1.54, 1.807) is 11.8 Å². The first-order chi connectivity index (χ1) is 7.60. The van der Waals surface area contributed by atoms with Crippen LogP contribution in [0.4, 0.5) is 0 Å². The molecule has 0 aromatic heterocycles. The highest BCUT2D eigenvalue weighted by Gasteiger charge is 2.31. The van der Waals surface area contributed by atoms with Gasteiger partial charge in [-0.3, -0.25) is 9.59 Å². The van der Waals surface area contributed by atoms with Crippen molar-refractivity contribution in [3.05, 3.63) is 0 Å². The third kappa shape index (κ3) is 2.75. The third-order valence-electron chi connectivity index (χ3n) is 2.90. The van der Waals surface area contributed by atoms with Crippen LogP contribution in [0.15, 0.2) is 0 Å². The maximum Gasteiger partial charge on any atom is 0.240 e. The molecule has 0 aromatic carbocycles. The molecule has 0 saturated carbocycles. The highest BCUT2D eigenvalue weighted by atomic mass is 16.2. The fourth-order valence-electron chi connectivity index (χ4n) is 2.08. The number of nitrogens with zero attached hydrogens (tertiary/aromatic N) is 1. The van der Waals surface area contributed by atoms with Crippen molar-refractivity contribution in [2.75, 3.05) is 6.54 Å². The molecule has 2 amide bonds. The molecular weight excluding hydrogens is 204 g/mol.